The molecule has 8 nitrogen and oxygen atoms in total. The lowest BCUT2D eigenvalue weighted by Crippen LogP contribution is -2.10. The summed E-state index contributed by atoms with van der Waals surface area (Å²) in [5.41, 5.74) is 4.41. The molecule has 0 aromatic heterocycles. The van der Waals surface area contributed by atoms with Gasteiger partial charge in [-0.15, -0.1) is 0 Å². The fourth-order valence-corrected chi connectivity index (χ4v) is 3.66. The van der Waals surface area contributed by atoms with Crippen molar-refractivity contribution in [1.82, 2.24) is 0 Å². The fourth-order valence-electron chi connectivity index (χ4n) is 3.66. The van der Waals surface area contributed by atoms with E-state index in [1.807, 2.05) is 48.5 Å². The van der Waals surface area contributed by atoms with E-state index in [4.69, 9.17) is 23.7 Å². The number of hydrogen-bond acceptors (Lipinski definition) is 8. The van der Waals surface area contributed by atoms with E-state index in [2.05, 4.69) is 13.2 Å². The fraction of sp³-hybridized carbons (Fsp3) is 0.0882. The van der Waals surface area contributed by atoms with Crippen LogP contribution in [0.1, 0.15) is 17.3 Å². The van der Waals surface area contributed by atoms with Gasteiger partial charge in [0.15, 0.2) is 0 Å². The molecule has 4 aromatic carbocycles. The minimum atomic E-state index is -0.555. The van der Waals surface area contributed by atoms with Crippen LogP contribution in [0, 0.1) is 0 Å². The highest BCUT2D eigenvalue weighted by Gasteiger charge is 2.10. The molecule has 0 bridgehead atoms. The zero-order valence-electron chi connectivity index (χ0n) is 22.9. The molecule has 0 fully saturated rings. The van der Waals surface area contributed by atoms with Crippen LogP contribution in [0.25, 0.3) is 22.3 Å². The van der Waals surface area contributed by atoms with E-state index in [1.165, 1.54) is 0 Å². The SMILES string of the molecule is C=CC(=O)OCOc1ccc(-c2ccc(OC(=O)c3ccc(-c4ccc(OCOC(=O)C(=C)C)cc4)cc3)cc2)cc1. The highest BCUT2D eigenvalue weighted by Crippen LogP contribution is 2.26. The Bertz CT molecular complexity index is 1550. The van der Waals surface area contributed by atoms with Crippen LogP contribution in [0.4, 0.5) is 0 Å². The normalized spacial score (nSPS) is 10.2. The van der Waals surface area contributed by atoms with Gasteiger partial charge in [0.25, 0.3) is 0 Å². The molecule has 4 rings (SSSR count). The van der Waals surface area contributed by atoms with E-state index in [0.717, 1.165) is 28.3 Å². The van der Waals surface area contributed by atoms with Crippen molar-refractivity contribution in [2.75, 3.05) is 13.6 Å². The molecule has 0 N–H and O–H groups in total. The first-order chi connectivity index (χ1) is 20.3. The minimum Gasteiger partial charge on any atom is -0.457 e. The third-order valence-corrected chi connectivity index (χ3v) is 5.92. The Morgan fingerprint density at radius 3 is 1.45 bits per heavy atom. The monoisotopic (exact) mass is 564 g/mol. The molecular formula is C34H28O8. The molecule has 0 spiro atoms. The molecule has 0 aliphatic carbocycles. The van der Waals surface area contributed by atoms with Gasteiger partial charge in [-0.2, -0.15) is 0 Å². The maximum Gasteiger partial charge on any atom is 0.343 e. The Labute approximate surface area is 243 Å². The van der Waals surface area contributed by atoms with Crippen LogP contribution in [0.15, 0.2) is 122 Å². The molecule has 0 unspecified atom stereocenters. The molecule has 4 aromatic rings. The second kappa shape index (κ2) is 14.1. The van der Waals surface area contributed by atoms with Crippen LogP contribution < -0.4 is 14.2 Å². The van der Waals surface area contributed by atoms with E-state index in [1.54, 1.807) is 55.5 Å². The van der Waals surface area contributed by atoms with Gasteiger partial charge in [0.2, 0.25) is 13.6 Å². The van der Waals surface area contributed by atoms with Crippen molar-refractivity contribution in [2.24, 2.45) is 0 Å². The maximum absolute atomic E-state index is 12.7. The van der Waals surface area contributed by atoms with Crippen molar-refractivity contribution in [3.05, 3.63) is 127 Å². The molecule has 0 atom stereocenters. The van der Waals surface area contributed by atoms with E-state index in [-0.39, 0.29) is 13.6 Å². The maximum atomic E-state index is 12.7. The summed E-state index contributed by atoms with van der Waals surface area (Å²) in [6.07, 6.45) is 1.07. The van der Waals surface area contributed by atoms with Crippen molar-refractivity contribution >= 4 is 17.9 Å². The van der Waals surface area contributed by atoms with Gasteiger partial charge in [0.1, 0.15) is 17.2 Å². The first-order valence-electron chi connectivity index (χ1n) is 12.8. The zero-order chi connectivity index (χ0) is 29.9. The Hall–Kier alpha value is -5.63. The van der Waals surface area contributed by atoms with Gasteiger partial charge in [-0.1, -0.05) is 61.7 Å². The number of ether oxygens (including phenoxy) is 5. The molecule has 0 heterocycles. The number of carbonyl (C=O) groups excluding carboxylic acids is 3. The lowest BCUT2D eigenvalue weighted by Gasteiger charge is -2.09. The van der Waals surface area contributed by atoms with Crippen LogP contribution in [0.5, 0.6) is 17.2 Å². The van der Waals surface area contributed by atoms with Crippen LogP contribution in [0.3, 0.4) is 0 Å². The van der Waals surface area contributed by atoms with Crippen molar-refractivity contribution in [3.8, 4) is 39.5 Å². The molecule has 0 saturated heterocycles. The Morgan fingerprint density at radius 1 is 0.619 bits per heavy atom. The van der Waals surface area contributed by atoms with Crippen LogP contribution >= 0.6 is 0 Å². The lowest BCUT2D eigenvalue weighted by molar-refractivity contribution is -0.145. The Kier molecular flexibility index (Phi) is 9.88. The summed E-state index contributed by atoms with van der Waals surface area (Å²) >= 11 is 0. The third kappa shape index (κ3) is 8.19. The predicted octanol–water partition coefficient (Wildman–Crippen LogP) is 6.76. The van der Waals surface area contributed by atoms with Crippen molar-refractivity contribution in [1.29, 1.82) is 0 Å². The molecule has 0 aliphatic heterocycles. The summed E-state index contributed by atoms with van der Waals surface area (Å²) in [4.78, 5) is 35.2. The molecule has 0 aliphatic rings. The van der Waals surface area contributed by atoms with Gasteiger partial charge in [0, 0.05) is 11.6 Å². The van der Waals surface area contributed by atoms with Gasteiger partial charge < -0.3 is 23.7 Å². The second-order valence-electron chi connectivity index (χ2n) is 8.94. The van der Waals surface area contributed by atoms with E-state index >= 15 is 0 Å². The number of benzene rings is 4. The van der Waals surface area contributed by atoms with Crippen LogP contribution in [-0.4, -0.2) is 31.5 Å². The largest absolute Gasteiger partial charge is 0.457 e. The molecule has 0 saturated carbocycles. The van der Waals surface area contributed by atoms with Crippen molar-refractivity contribution < 1.29 is 38.1 Å². The zero-order valence-corrected chi connectivity index (χ0v) is 22.9. The number of carbonyl (C=O) groups is 3. The summed E-state index contributed by atoms with van der Waals surface area (Å²) in [5, 5.41) is 0. The molecule has 42 heavy (non-hydrogen) atoms. The van der Waals surface area contributed by atoms with Crippen LogP contribution in [-0.2, 0) is 19.1 Å². The molecular weight excluding hydrogens is 536 g/mol. The Balaban J connectivity index is 1.29. The van der Waals surface area contributed by atoms with Gasteiger partial charge in [-0.3, -0.25) is 0 Å². The molecule has 212 valence electrons. The van der Waals surface area contributed by atoms with Crippen LogP contribution in [0.2, 0.25) is 0 Å². The van der Waals surface area contributed by atoms with Crippen molar-refractivity contribution in [3.63, 3.8) is 0 Å². The summed E-state index contributed by atoms with van der Waals surface area (Å²) in [5.74, 6) is -0.0162. The average molecular weight is 565 g/mol. The minimum absolute atomic E-state index is 0.201. The summed E-state index contributed by atoms with van der Waals surface area (Å²) in [6.45, 7) is 8.00. The van der Waals surface area contributed by atoms with Gasteiger partial charge in [-0.05, 0) is 77.7 Å². The first kappa shape index (κ1) is 29.4. The highest BCUT2D eigenvalue weighted by atomic mass is 16.7. The lowest BCUT2D eigenvalue weighted by atomic mass is 10.0. The van der Waals surface area contributed by atoms with Gasteiger partial charge in [-0.25, -0.2) is 14.4 Å². The Morgan fingerprint density at radius 2 is 1.02 bits per heavy atom. The van der Waals surface area contributed by atoms with E-state index in [0.29, 0.717) is 28.4 Å². The van der Waals surface area contributed by atoms with Gasteiger partial charge in [0.05, 0.1) is 5.56 Å². The molecule has 0 amide bonds. The van der Waals surface area contributed by atoms with E-state index < -0.39 is 17.9 Å². The summed E-state index contributed by atoms with van der Waals surface area (Å²) in [6, 6.07) is 28.8. The first-order valence-corrected chi connectivity index (χ1v) is 12.8. The number of rotatable bonds is 12. The molecule has 8 heteroatoms. The standard InChI is InChI=1S/C34H28O8/c1-4-32(35)40-21-38-29-15-11-26(12-16-29)27-13-19-31(20-14-27)42-34(37)28-7-5-24(6-8-28)25-9-17-30(18-10-25)39-22-41-33(36)23(2)3/h4-20H,1-2,21-22H2,3H3. The molecule has 0 radical (unpaired) electrons. The number of esters is 3. The third-order valence-electron chi connectivity index (χ3n) is 5.92. The smallest absolute Gasteiger partial charge is 0.343 e. The van der Waals surface area contributed by atoms with Gasteiger partial charge >= 0.3 is 17.9 Å². The quantitative estimate of drug-likeness (QED) is 0.0806. The predicted molar refractivity (Wildman–Crippen MR) is 157 cm³/mol. The highest BCUT2D eigenvalue weighted by molar-refractivity contribution is 5.91. The topological polar surface area (TPSA) is 97.4 Å². The average Bonchev–Trinajstić information content (AvgIpc) is 3.02. The summed E-state index contributed by atoms with van der Waals surface area (Å²) in [7, 11) is 0. The number of hydrogen-bond donors (Lipinski definition) is 0. The van der Waals surface area contributed by atoms with Crippen molar-refractivity contribution in [2.45, 2.75) is 6.92 Å². The summed E-state index contributed by atoms with van der Waals surface area (Å²) < 4.78 is 26.1. The second-order valence-corrected chi connectivity index (χ2v) is 8.94. The van der Waals surface area contributed by atoms with E-state index in [9.17, 15) is 14.4 Å².